The van der Waals surface area contributed by atoms with Crippen molar-refractivity contribution >= 4 is 69.8 Å². The first-order valence-corrected chi connectivity index (χ1v) is 10.4. The van der Waals surface area contributed by atoms with Gasteiger partial charge in [-0.2, -0.15) is 4.99 Å². The summed E-state index contributed by atoms with van der Waals surface area (Å²) in [6, 6.07) is 5.77. The summed E-state index contributed by atoms with van der Waals surface area (Å²) < 4.78 is 0. The molecule has 0 bridgehead atoms. The van der Waals surface area contributed by atoms with E-state index >= 15 is 0 Å². The molecule has 1 aliphatic rings. The van der Waals surface area contributed by atoms with Crippen LogP contribution in [0.1, 0.15) is 19.3 Å². The number of nitrogens with one attached hydrogen (secondary N) is 3. The van der Waals surface area contributed by atoms with Gasteiger partial charge >= 0.3 is 5.97 Å². The Kier molecular flexibility index (Phi) is 9.61. The Hall–Kier alpha value is -3.47. The molecule has 1 aliphatic heterocycles. The quantitative estimate of drug-likeness (QED) is 0.162. The highest BCUT2D eigenvalue weighted by atomic mass is 32.1. The number of carbonyl (C=O) groups is 4. The summed E-state index contributed by atoms with van der Waals surface area (Å²) in [6.07, 6.45) is 3.38. The highest BCUT2D eigenvalue weighted by molar-refractivity contribution is 7.80. The van der Waals surface area contributed by atoms with Gasteiger partial charge < -0.3 is 21.1 Å². The summed E-state index contributed by atoms with van der Waals surface area (Å²) in [5.74, 6) is -2.48. The number of hydrogen-bond donors (Lipinski definition) is 4. The molecule has 0 saturated carbocycles. The van der Waals surface area contributed by atoms with Crippen molar-refractivity contribution in [2.45, 2.75) is 25.3 Å². The monoisotopic (exact) mass is 475 g/mol. The van der Waals surface area contributed by atoms with Crippen molar-refractivity contribution in [3.63, 3.8) is 0 Å². The number of anilines is 1. The highest BCUT2D eigenvalue weighted by Crippen LogP contribution is 2.15. The second-order valence-electron chi connectivity index (χ2n) is 6.67. The van der Waals surface area contributed by atoms with Gasteiger partial charge in [-0.05, 0) is 68.0 Å². The molecule has 1 aromatic carbocycles. The topological polar surface area (TPSA) is 140 Å². The van der Waals surface area contributed by atoms with Crippen molar-refractivity contribution in [2.75, 3.05) is 18.4 Å². The van der Waals surface area contributed by atoms with E-state index in [0.29, 0.717) is 24.2 Å². The van der Waals surface area contributed by atoms with Crippen LogP contribution >= 0.6 is 24.4 Å². The van der Waals surface area contributed by atoms with Gasteiger partial charge in [0, 0.05) is 24.4 Å². The first-order valence-electron chi connectivity index (χ1n) is 9.58. The first kappa shape index (κ1) is 24.8. The Morgan fingerprint density at radius 3 is 2.38 bits per heavy atom. The molecule has 0 radical (unpaired) electrons. The minimum absolute atomic E-state index is 0.157. The van der Waals surface area contributed by atoms with E-state index in [1.807, 2.05) is 0 Å². The lowest BCUT2D eigenvalue weighted by Gasteiger charge is -2.17. The predicted molar refractivity (Wildman–Crippen MR) is 125 cm³/mol. The highest BCUT2D eigenvalue weighted by Gasteiger charge is 2.23. The molecule has 168 valence electrons. The maximum absolute atomic E-state index is 12.1. The number of aliphatic carboxylic acids is 1. The van der Waals surface area contributed by atoms with E-state index in [4.69, 9.17) is 12.2 Å². The molecule has 3 amide bonds. The molecule has 1 heterocycles. The third kappa shape index (κ3) is 7.99. The molecular formula is C20H21N5O5S2. The fourth-order valence-corrected chi connectivity index (χ4v) is 3.08. The van der Waals surface area contributed by atoms with Crippen LogP contribution in [0.15, 0.2) is 41.4 Å². The van der Waals surface area contributed by atoms with Gasteiger partial charge in [0.05, 0.1) is 17.4 Å². The number of carbonyl (C=O) groups excluding carboxylic acids is 3. The van der Waals surface area contributed by atoms with Gasteiger partial charge in [-0.15, -0.1) is 0 Å². The molecule has 0 aromatic heterocycles. The number of nitrogens with zero attached hydrogens (tertiary/aromatic N) is 2. The third-order valence-corrected chi connectivity index (χ3v) is 4.71. The van der Waals surface area contributed by atoms with Crippen molar-refractivity contribution in [3.05, 3.63) is 36.4 Å². The van der Waals surface area contributed by atoms with Gasteiger partial charge in [0.15, 0.2) is 5.11 Å². The van der Waals surface area contributed by atoms with E-state index in [0.717, 1.165) is 4.90 Å². The molecule has 2 rings (SSSR count). The number of rotatable bonds is 11. The molecule has 12 heteroatoms. The minimum Gasteiger partial charge on any atom is -0.480 e. The van der Waals surface area contributed by atoms with Gasteiger partial charge in [-0.1, -0.05) is 0 Å². The van der Waals surface area contributed by atoms with E-state index in [1.165, 1.54) is 12.2 Å². The lowest BCUT2D eigenvalue weighted by Crippen LogP contribution is -2.46. The molecule has 32 heavy (non-hydrogen) atoms. The average Bonchev–Trinajstić information content (AvgIpc) is 3.07. The summed E-state index contributed by atoms with van der Waals surface area (Å²) in [5, 5.41) is 19.8. The fourth-order valence-electron chi connectivity index (χ4n) is 2.78. The van der Waals surface area contributed by atoms with Gasteiger partial charge in [0.2, 0.25) is 5.91 Å². The minimum atomic E-state index is -1.17. The standard InChI is InChI=1S/C20H21N5O5S2/c26-16(11-21-20(32)23-14-6-4-13(5-7-14)22-12-31)24-15(19(29)30)3-1-2-10-25-17(27)8-9-18(25)28/h4-9,15H,1-3,10-11H2,(H,24,26)(H,29,30)(H2,21,23,32)/t15-/m0/s1. The number of aliphatic imine (C=N–C) groups is 1. The van der Waals surface area contributed by atoms with Crippen molar-refractivity contribution < 1.29 is 24.3 Å². The second kappa shape index (κ2) is 12.4. The zero-order valence-corrected chi connectivity index (χ0v) is 18.5. The van der Waals surface area contributed by atoms with Crippen LogP contribution in [0.3, 0.4) is 0 Å². The number of isothiocyanates is 1. The third-order valence-electron chi connectivity index (χ3n) is 4.37. The van der Waals surface area contributed by atoms with Crippen molar-refractivity contribution in [2.24, 2.45) is 4.99 Å². The molecule has 10 nitrogen and oxygen atoms in total. The maximum atomic E-state index is 12.1. The van der Waals surface area contributed by atoms with Crippen LogP contribution in [0.2, 0.25) is 0 Å². The molecule has 0 spiro atoms. The van der Waals surface area contributed by atoms with Crippen LogP contribution in [-0.2, 0) is 19.2 Å². The van der Waals surface area contributed by atoms with E-state index in [9.17, 15) is 24.3 Å². The van der Waals surface area contributed by atoms with Crippen molar-refractivity contribution in [3.8, 4) is 0 Å². The zero-order valence-electron chi connectivity index (χ0n) is 16.9. The number of imide groups is 1. The lowest BCUT2D eigenvalue weighted by atomic mass is 10.1. The van der Waals surface area contributed by atoms with Gasteiger partial charge in [0.25, 0.3) is 11.8 Å². The van der Waals surface area contributed by atoms with Crippen LogP contribution in [0, 0.1) is 0 Å². The van der Waals surface area contributed by atoms with Gasteiger partial charge in [0.1, 0.15) is 6.04 Å². The van der Waals surface area contributed by atoms with E-state index in [2.05, 4.69) is 38.3 Å². The number of carboxylic acids is 1. The van der Waals surface area contributed by atoms with Gasteiger partial charge in [-0.3, -0.25) is 19.3 Å². The number of unbranched alkanes of at least 4 members (excludes halogenated alkanes) is 1. The van der Waals surface area contributed by atoms with Crippen LogP contribution in [0.5, 0.6) is 0 Å². The van der Waals surface area contributed by atoms with E-state index in [1.54, 1.807) is 24.3 Å². The van der Waals surface area contributed by atoms with E-state index < -0.39 is 17.9 Å². The van der Waals surface area contributed by atoms with Crippen LogP contribution in [0.25, 0.3) is 0 Å². The SMILES string of the molecule is O=C(CNC(=S)Nc1ccc(N=C=S)cc1)N[C@@H](CCCCN1C(=O)C=CC1=O)C(=O)O. The van der Waals surface area contributed by atoms with Gasteiger partial charge in [-0.25, -0.2) is 4.79 Å². The average molecular weight is 476 g/mol. The lowest BCUT2D eigenvalue weighted by molar-refractivity contribution is -0.142. The number of thiocarbonyl (C=S) groups is 2. The van der Waals surface area contributed by atoms with Crippen LogP contribution in [-0.4, -0.2) is 63.1 Å². The number of benzene rings is 1. The maximum Gasteiger partial charge on any atom is 0.326 e. The second-order valence-corrected chi connectivity index (χ2v) is 7.26. The smallest absolute Gasteiger partial charge is 0.326 e. The van der Waals surface area contributed by atoms with Crippen LogP contribution < -0.4 is 16.0 Å². The Morgan fingerprint density at radius 1 is 1.12 bits per heavy atom. The fraction of sp³-hybridized carbons (Fsp3) is 0.300. The zero-order chi connectivity index (χ0) is 23.5. The molecular weight excluding hydrogens is 454 g/mol. The molecule has 0 fully saturated rings. The Bertz CT molecular complexity index is 955. The molecule has 0 unspecified atom stereocenters. The summed E-state index contributed by atoms with van der Waals surface area (Å²) >= 11 is 9.66. The summed E-state index contributed by atoms with van der Waals surface area (Å²) in [5.41, 5.74) is 1.30. The number of carboxylic acid groups (broad SMARTS) is 1. The molecule has 4 N–H and O–H groups in total. The molecule has 0 saturated heterocycles. The normalized spacial score (nSPS) is 13.3. The number of hydrogen-bond acceptors (Lipinski definition) is 7. The molecule has 0 aliphatic carbocycles. The summed E-state index contributed by atoms with van der Waals surface area (Å²) in [6.45, 7) is -0.0172. The largest absolute Gasteiger partial charge is 0.480 e. The van der Waals surface area contributed by atoms with Crippen LogP contribution in [0.4, 0.5) is 11.4 Å². The molecule has 1 aromatic rings. The summed E-state index contributed by atoms with van der Waals surface area (Å²) in [7, 11) is 0. The molecule has 1 atom stereocenters. The van der Waals surface area contributed by atoms with Crippen molar-refractivity contribution in [1.29, 1.82) is 0 Å². The van der Waals surface area contributed by atoms with E-state index in [-0.39, 0.29) is 36.4 Å². The summed E-state index contributed by atoms with van der Waals surface area (Å²) in [4.78, 5) is 51.4. The number of amides is 3. The van der Waals surface area contributed by atoms with Crippen molar-refractivity contribution in [1.82, 2.24) is 15.5 Å². The predicted octanol–water partition coefficient (Wildman–Crippen LogP) is 1.37. The Morgan fingerprint density at radius 2 is 1.78 bits per heavy atom. The first-order chi connectivity index (χ1) is 15.3. The Labute approximate surface area is 194 Å². The Balaban J connectivity index is 1.70.